The Morgan fingerprint density at radius 1 is 1.17 bits per heavy atom. The van der Waals surface area contributed by atoms with Gasteiger partial charge in [0.05, 0.1) is 18.1 Å². The summed E-state index contributed by atoms with van der Waals surface area (Å²) in [5, 5.41) is -1.59. The van der Waals surface area contributed by atoms with Crippen molar-refractivity contribution >= 4 is 11.6 Å². The van der Waals surface area contributed by atoms with Gasteiger partial charge in [0.2, 0.25) is 0 Å². The molecule has 18 heavy (non-hydrogen) atoms. The minimum absolute atomic E-state index is 0.574. The normalized spacial score (nSPS) is 36.7. The third-order valence-corrected chi connectivity index (χ3v) is 3.21. The molecule has 1 saturated carbocycles. The number of alkyl halides is 8. The molecular formula is C9H10ClF7O. The molecule has 1 rings (SSSR count). The van der Waals surface area contributed by atoms with E-state index in [1.54, 1.807) is 0 Å². The topological polar surface area (TPSA) is 9.23 Å². The van der Waals surface area contributed by atoms with Crippen molar-refractivity contribution in [3.8, 4) is 0 Å². The van der Waals surface area contributed by atoms with Gasteiger partial charge in [0, 0.05) is 12.8 Å². The highest BCUT2D eigenvalue weighted by molar-refractivity contribution is 6.21. The molecule has 0 spiro atoms. The van der Waals surface area contributed by atoms with E-state index in [0.717, 1.165) is 0 Å². The van der Waals surface area contributed by atoms with Gasteiger partial charge in [-0.05, 0) is 0 Å². The van der Waals surface area contributed by atoms with Crippen LogP contribution in [0.15, 0.2) is 0 Å². The lowest BCUT2D eigenvalue weighted by atomic mass is 9.80. The maximum atomic E-state index is 13.5. The summed E-state index contributed by atoms with van der Waals surface area (Å²) in [7, 11) is 0. The largest absolute Gasteiger partial charge is 0.428 e. The number of rotatable bonds is 3. The average molecular weight is 303 g/mol. The van der Waals surface area contributed by atoms with Crippen LogP contribution < -0.4 is 0 Å². The fraction of sp³-hybridized carbons (Fsp3) is 1.00. The van der Waals surface area contributed by atoms with Gasteiger partial charge in [0.15, 0.2) is 0 Å². The predicted molar refractivity (Wildman–Crippen MR) is 49.4 cm³/mol. The summed E-state index contributed by atoms with van der Waals surface area (Å²) >= 11 is 5.42. The molecule has 0 bridgehead atoms. The van der Waals surface area contributed by atoms with Crippen LogP contribution in [0.1, 0.15) is 12.8 Å². The van der Waals surface area contributed by atoms with Crippen LogP contribution in [0.5, 0.6) is 0 Å². The van der Waals surface area contributed by atoms with Gasteiger partial charge in [-0.25, -0.2) is 17.6 Å². The summed E-state index contributed by atoms with van der Waals surface area (Å²) in [6.45, 7) is -1.57. The summed E-state index contributed by atoms with van der Waals surface area (Å²) in [5.41, 5.74) is -4.68. The second-order valence-electron chi connectivity index (χ2n) is 4.03. The van der Waals surface area contributed by atoms with Crippen molar-refractivity contribution in [3.05, 3.63) is 0 Å². The third kappa shape index (κ3) is 2.68. The van der Waals surface area contributed by atoms with Crippen molar-refractivity contribution in [1.82, 2.24) is 0 Å². The Kier molecular flexibility index (Phi) is 4.42. The molecule has 0 unspecified atom stereocenters. The Bertz CT molecular complexity index is 295. The van der Waals surface area contributed by atoms with Crippen LogP contribution in [0.25, 0.3) is 0 Å². The predicted octanol–water partition coefficient (Wildman–Crippen LogP) is 3.65. The van der Waals surface area contributed by atoms with Crippen molar-refractivity contribution in [2.75, 3.05) is 13.3 Å². The zero-order valence-corrected chi connectivity index (χ0v) is 9.67. The fourth-order valence-electron chi connectivity index (χ4n) is 1.77. The van der Waals surface area contributed by atoms with Crippen LogP contribution in [0.4, 0.5) is 30.7 Å². The summed E-state index contributed by atoms with van der Waals surface area (Å²) in [6, 6.07) is 0. The number of hydrogen-bond acceptors (Lipinski definition) is 1. The average Bonchev–Trinajstić information content (AvgIpc) is 2.20. The molecule has 0 N–H and O–H groups in total. The standard InChI is InChI=1S/C9H10ClF7O/c10-5-3-7(12,9(15,16)17)8(13,14)4-6(5)18-2-1-11/h5-6H,1-4H2/t5-,6+,7+/m0/s1. The van der Waals surface area contributed by atoms with E-state index in [9.17, 15) is 30.7 Å². The molecule has 0 aromatic carbocycles. The molecule has 0 aliphatic heterocycles. The van der Waals surface area contributed by atoms with E-state index in [0.29, 0.717) is 0 Å². The molecule has 3 atom stereocenters. The van der Waals surface area contributed by atoms with E-state index in [-0.39, 0.29) is 0 Å². The lowest BCUT2D eigenvalue weighted by Gasteiger charge is -2.43. The summed E-state index contributed by atoms with van der Waals surface area (Å²) in [6.07, 6.45) is -10.4. The third-order valence-electron chi connectivity index (χ3n) is 2.78. The molecule has 108 valence electrons. The molecule has 0 heterocycles. The van der Waals surface area contributed by atoms with E-state index in [2.05, 4.69) is 4.74 Å². The van der Waals surface area contributed by atoms with Gasteiger partial charge in [-0.3, -0.25) is 0 Å². The van der Waals surface area contributed by atoms with Crippen LogP contribution in [0, 0.1) is 0 Å². The quantitative estimate of drug-likeness (QED) is 0.571. The Labute approximate surface area is 103 Å². The summed E-state index contributed by atoms with van der Waals surface area (Å²) < 4.78 is 93.5. The number of halogens is 8. The zero-order valence-electron chi connectivity index (χ0n) is 8.92. The van der Waals surface area contributed by atoms with Gasteiger partial charge in [0.1, 0.15) is 6.67 Å². The molecular weight excluding hydrogens is 293 g/mol. The van der Waals surface area contributed by atoms with Gasteiger partial charge in [-0.15, -0.1) is 11.6 Å². The van der Waals surface area contributed by atoms with Gasteiger partial charge in [-0.2, -0.15) is 13.2 Å². The first-order chi connectivity index (χ1) is 8.05. The Morgan fingerprint density at radius 2 is 1.72 bits per heavy atom. The molecule has 1 aliphatic carbocycles. The summed E-state index contributed by atoms with van der Waals surface area (Å²) in [4.78, 5) is 0. The zero-order chi connectivity index (χ0) is 14.2. The number of ether oxygens (including phenoxy) is 1. The van der Waals surface area contributed by atoms with Crippen molar-refractivity contribution < 1.29 is 35.5 Å². The highest BCUT2D eigenvalue weighted by Gasteiger charge is 2.74. The molecule has 1 nitrogen and oxygen atoms in total. The second-order valence-corrected chi connectivity index (χ2v) is 4.59. The van der Waals surface area contributed by atoms with Crippen molar-refractivity contribution in [1.29, 1.82) is 0 Å². The SMILES string of the molecule is FCCO[C@@H]1CC(F)(F)[C@@](F)(C(F)(F)F)C[C@@H]1Cl. The Balaban J connectivity index is 2.90. The molecule has 1 fully saturated rings. The van der Waals surface area contributed by atoms with Crippen LogP contribution in [0.3, 0.4) is 0 Å². The first kappa shape index (κ1) is 15.8. The lowest BCUT2D eigenvalue weighted by Crippen LogP contribution is -2.62. The first-order valence-corrected chi connectivity index (χ1v) is 5.44. The van der Waals surface area contributed by atoms with Gasteiger partial charge in [-0.1, -0.05) is 0 Å². The van der Waals surface area contributed by atoms with Crippen molar-refractivity contribution in [3.63, 3.8) is 0 Å². The monoisotopic (exact) mass is 302 g/mol. The highest BCUT2D eigenvalue weighted by atomic mass is 35.5. The lowest BCUT2D eigenvalue weighted by molar-refractivity contribution is -0.321. The Morgan fingerprint density at radius 3 is 2.17 bits per heavy atom. The van der Waals surface area contributed by atoms with E-state index in [1.807, 2.05) is 0 Å². The minimum Gasteiger partial charge on any atom is -0.374 e. The Hall–Kier alpha value is -0.240. The minimum atomic E-state index is -5.73. The van der Waals surface area contributed by atoms with Crippen LogP contribution in [-0.2, 0) is 4.74 Å². The molecule has 1 aliphatic rings. The van der Waals surface area contributed by atoms with Crippen LogP contribution in [0.2, 0.25) is 0 Å². The van der Waals surface area contributed by atoms with E-state index < -0.39 is 55.4 Å². The van der Waals surface area contributed by atoms with Gasteiger partial charge < -0.3 is 4.74 Å². The first-order valence-electron chi connectivity index (χ1n) is 5.00. The maximum Gasteiger partial charge on any atom is 0.428 e. The molecule has 0 aromatic heterocycles. The molecule has 9 heteroatoms. The van der Waals surface area contributed by atoms with E-state index in [1.165, 1.54) is 0 Å². The highest BCUT2D eigenvalue weighted by Crippen LogP contribution is 2.54. The molecule has 0 saturated heterocycles. The molecule has 0 aromatic rings. The maximum absolute atomic E-state index is 13.5. The fourth-order valence-corrected chi connectivity index (χ4v) is 2.15. The van der Waals surface area contributed by atoms with Gasteiger partial charge in [0.25, 0.3) is 11.6 Å². The van der Waals surface area contributed by atoms with E-state index >= 15 is 0 Å². The summed E-state index contributed by atoms with van der Waals surface area (Å²) in [5.74, 6) is -4.66. The smallest absolute Gasteiger partial charge is 0.374 e. The van der Waals surface area contributed by atoms with Crippen LogP contribution in [-0.4, -0.2) is 42.5 Å². The molecule has 0 amide bonds. The van der Waals surface area contributed by atoms with Gasteiger partial charge >= 0.3 is 6.18 Å². The number of hydrogen-bond donors (Lipinski definition) is 0. The molecule has 0 radical (unpaired) electrons. The van der Waals surface area contributed by atoms with Crippen molar-refractivity contribution in [2.45, 2.75) is 42.1 Å². The second kappa shape index (κ2) is 5.03. The van der Waals surface area contributed by atoms with Crippen molar-refractivity contribution in [2.24, 2.45) is 0 Å². The van der Waals surface area contributed by atoms with E-state index in [4.69, 9.17) is 11.6 Å². The van der Waals surface area contributed by atoms with Crippen LogP contribution >= 0.6 is 11.6 Å².